The molecule has 0 saturated heterocycles. The highest BCUT2D eigenvalue weighted by Crippen LogP contribution is 2.39. The maximum atomic E-state index is 10.8. The lowest BCUT2D eigenvalue weighted by Crippen LogP contribution is -2.48. The van der Waals surface area contributed by atoms with E-state index in [9.17, 15) is 4.79 Å². The molecule has 0 unspecified atom stereocenters. The van der Waals surface area contributed by atoms with Gasteiger partial charge in [0.15, 0.2) is 0 Å². The van der Waals surface area contributed by atoms with E-state index < -0.39 is 5.97 Å². The van der Waals surface area contributed by atoms with Crippen LogP contribution in [0.4, 0.5) is 0 Å². The summed E-state index contributed by atoms with van der Waals surface area (Å²) < 4.78 is 0. The highest BCUT2D eigenvalue weighted by Gasteiger charge is 2.37. The van der Waals surface area contributed by atoms with Crippen molar-refractivity contribution in [2.24, 2.45) is 17.8 Å². The summed E-state index contributed by atoms with van der Waals surface area (Å²) in [4.78, 5) is 13.0. The van der Waals surface area contributed by atoms with Gasteiger partial charge in [-0.15, -0.1) is 0 Å². The third-order valence-corrected chi connectivity index (χ3v) is 4.14. The van der Waals surface area contributed by atoms with Crippen molar-refractivity contribution in [1.29, 1.82) is 0 Å². The van der Waals surface area contributed by atoms with Gasteiger partial charge in [0, 0.05) is 12.6 Å². The molecule has 3 heteroatoms. The second kappa shape index (κ2) is 4.74. The molecule has 0 spiro atoms. The molecule has 2 aliphatic rings. The summed E-state index contributed by atoms with van der Waals surface area (Å²) in [7, 11) is 0. The van der Waals surface area contributed by atoms with Crippen molar-refractivity contribution in [3.63, 3.8) is 0 Å². The first-order valence-corrected chi connectivity index (χ1v) is 6.52. The van der Waals surface area contributed by atoms with Crippen LogP contribution < -0.4 is 0 Å². The number of hydrogen-bond acceptors (Lipinski definition) is 2. The summed E-state index contributed by atoms with van der Waals surface area (Å²) in [5, 5.41) is 8.92. The van der Waals surface area contributed by atoms with E-state index in [0.29, 0.717) is 6.04 Å². The lowest BCUT2D eigenvalue weighted by Gasteiger charge is -2.44. The highest BCUT2D eigenvalue weighted by molar-refractivity contribution is 5.69. The largest absolute Gasteiger partial charge is 0.480 e. The maximum Gasteiger partial charge on any atom is 0.317 e. The predicted octanol–water partition coefficient (Wildman–Crippen LogP) is 2.22. The van der Waals surface area contributed by atoms with Gasteiger partial charge in [0.25, 0.3) is 0 Å². The van der Waals surface area contributed by atoms with Crippen LogP contribution in [-0.4, -0.2) is 35.1 Å². The van der Waals surface area contributed by atoms with E-state index in [1.165, 1.54) is 25.7 Å². The van der Waals surface area contributed by atoms with Crippen molar-refractivity contribution in [2.75, 3.05) is 13.1 Å². The number of aliphatic carboxylic acids is 1. The van der Waals surface area contributed by atoms with E-state index in [4.69, 9.17) is 5.11 Å². The van der Waals surface area contributed by atoms with E-state index in [1.54, 1.807) is 0 Å². The molecule has 0 atom stereocenters. The lowest BCUT2D eigenvalue weighted by atomic mass is 9.73. The summed E-state index contributed by atoms with van der Waals surface area (Å²) in [5.41, 5.74) is 0. The van der Waals surface area contributed by atoms with Crippen LogP contribution in [0.3, 0.4) is 0 Å². The van der Waals surface area contributed by atoms with Crippen LogP contribution in [0.1, 0.15) is 39.5 Å². The van der Waals surface area contributed by atoms with Crippen LogP contribution in [0.25, 0.3) is 0 Å². The summed E-state index contributed by atoms with van der Waals surface area (Å²) in [6.45, 7) is 5.79. The van der Waals surface area contributed by atoms with Gasteiger partial charge in [-0.2, -0.15) is 0 Å². The molecular formula is C13H23NO2. The minimum absolute atomic E-state index is 0.242. The van der Waals surface area contributed by atoms with Gasteiger partial charge >= 0.3 is 5.97 Å². The van der Waals surface area contributed by atoms with Crippen molar-refractivity contribution in [1.82, 2.24) is 4.90 Å². The average Bonchev–Trinajstić information content (AvgIpc) is 2.82. The molecule has 2 fully saturated rings. The van der Waals surface area contributed by atoms with Gasteiger partial charge in [-0.1, -0.05) is 13.8 Å². The Labute approximate surface area is 97.8 Å². The second-order valence-electron chi connectivity index (χ2n) is 5.90. The molecule has 0 aromatic heterocycles. The third kappa shape index (κ3) is 2.97. The first-order chi connectivity index (χ1) is 7.56. The Morgan fingerprint density at radius 3 is 2.44 bits per heavy atom. The van der Waals surface area contributed by atoms with E-state index in [2.05, 4.69) is 18.7 Å². The summed E-state index contributed by atoms with van der Waals surface area (Å²) >= 11 is 0. The van der Waals surface area contributed by atoms with E-state index in [1.807, 2.05) is 0 Å². The van der Waals surface area contributed by atoms with Crippen LogP contribution >= 0.6 is 0 Å². The van der Waals surface area contributed by atoms with Crippen LogP contribution in [0.15, 0.2) is 0 Å². The van der Waals surface area contributed by atoms with Gasteiger partial charge in [-0.25, -0.2) is 0 Å². The monoisotopic (exact) mass is 225 g/mol. The van der Waals surface area contributed by atoms with Gasteiger partial charge in [-0.05, 0) is 43.4 Å². The van der Waals surface area contributed by atoms with Gasteiger partial charge in [-0.3, -0.25) is 9.69 Å². The molecule has 3 nitrogen and oxygen atoms in total. The highest BCUT2D eigenvalue weighted by atomic mass is 16.4. The maximum absolute atomic E-state index is 10.8. The van der Waals surface area contributed by atoms with Crippen molar-refractivity contribution < 1.29 is 9.90 Å². The van der Waals surface area contributed by atoms with E-state index in [0.717, 1.165) is 24.3 Å². The molecular weight excluding hydrogens is 202 g/mol. The summed E-state index contributed by atoms with van der Waals surface area (Å²) in [6, 6.07) is 0.545. The molecule has 2 rings (SSSR count). The number of carbonyl (C=O) groups is 1. The van der Waals surface area contributed by atoms with Gasteiger partial charge in [0.2, 0.25) is 0 Å². The molecule has 16 heavy (non-hydrogen) atoms. The second-order valence-corrected chi connectivity index (χ2v) is 5.90. The van der Waals surface area contributed by atoms with E-state index >= 15 is 0 Å². The third-order valence-electron chi connectivity index (χ3n) is 4.14. The van der Waals surface area contributed by atoms with Gasteiger partial charge in [0.05, 0.1) is 6.54 Å². The predicted molar refractivity (Wildman–Crippen MR) is 63.3 cm³/mol. The quantitative estimate of drug-likeness (QED) is 0.753. The molecule has 0 heterocycles. The van der Waals surface area contributed by atoms with Crippen LogP contribution in [0, 0.1) is 17.8 Å². The molecule has 0 aromatic carbocycles. The molecule has 0 amide bonds. The minimum atomic E-state index is -0.673. The van der Waals surface area contributed by atoms with Crippen LogP contribution in [0.2, 0.25) is 0 Å². The Balaban J connectivity index is 1.80. The van der Waals surface area contributed by atoms with Crippen LogP contribution in [0.5, 0.6) is 0 Å². The van der Waals surface area contributed by atoms with Gasteiger partial charge in [0.1, 0.15) is 0 Å². The average molecular weight is 225 g/mol. The Morgan fingerprint density at radius 1 is 1.38 bits per heavy atom. The molecule has 0 aromatic rings. The van der Waals surface area contributed by atoms with E-state index in [-0.39, 0.29) is 6.54 Å². The molecule has 0 aliphatic heterocycles. The number of nitrogens with zero attached hydrogens (tertiary/aromatic N) is 1. The fourth-order valence-corrected chi connectivity index (χ4v) is 2.62. The Kier molecular flexibility index (Phi) is 3.53. The molecule has 1 N–H and O–H groups in total. The van der Waals surface area contributed by atoms with Crippen molar-refractivity contribution in [3.8, 4) is 0 Å². The van der Waals surface area contributed by atoms with Crippen molar-refractivity contribution >= 4 is 5.97 Å². The fourth-order valence-electron chi connectivity index (χ4n) is 2.62. The Bertz CT molecular complexity index is 255. The van der Waals surface area contributed by atoms with Crippen LogP contribution in [-0.2, 0) is 4.79 Å². The van der Waals surface area contributed by atoms with Crippen molar-refractivity contribution in [3.05, 3.63) is 0 Å². The zero-order chi connectivity index (χ0) is 11.7. The first-order valence-electron chi connectivity index (χ1n) is 6.52. The van der Waals surface area contributed by atoms with Gasteiger partial charge < -0.3 is 5.11 Å². The zero-order valence-corrected chi connectivity index (χ0v) is 10.4. The molecule has 92 valence electrons. The SMILES string of the molecule is CC(C)C1CC(N(CC(=O)O)CC2CC2)C1. The molecule has 2 aliphatic carbocycles. The molecule has 0 bridgehead atoms. The standard InChI is InChI=1S/C13H23NO2/c1-9(2)11-5-12(6-11)14(8-13(15)16)7-10-3-4-10/h9-12H,3-8H2,1-2H3,(H,15,16). The minimum Gasteiger partial charge on any atom is -0.480 e. The first kappa shape index (κ1) is 11.9. The Morgan fingerprint density at radius 2 is 2.00 bits per heavy atom. The number of carboxylic acids is 1. The van der Waals surface area contributed by atoms with Crippen molar-refractivity contribution in [2.45, 2.75) is 45.6 Å². The molecule has 0 radical (unpaired) electrons. The summed E-state index contributed by atoms with van der Waals surface area (Å²) in [5.74, 6) is 1.69. The lowest BCUT2D eigenvalue weighted by molar-refractivity contribution is -0.140. The normalized spacial score (nSPS) is 29.5. The number of rotatable bonds is 6. The number of carboxylic acid groups (broad SMARTS) is 1. The smallest absolute Gasteiger partial charge is 0.317 e. The topological polar surface area (TPSA) is 40.5 Å². The Hall–Kier alpha value is -0.570. The summed E-state index contributed by atoms with van der Waals surface area (Å²) in [6.07, 6.45) is 5.02. The fraction of sp³-hybridized carbons (Fsp3) is 0.923. The molecule has 2 saturated carbocycles. The zero-order valence-electron chi connectivity index (χ0n) is 10.4. The number of hydrogen-bond donors (Lipinski definition) is 1.